The van der Waals surface area contributed by atoms with Gasteiger partial charge in [-0.2, -0.15) is 0 Å². The summed E-state index contributed by atoms with van der Waals surface area (Å²) in [5.41, 5.74) is 0. The van der Waals surface area contributed by atoms with E-state index in [0.717, 1.165) is 12.0 Å². The van der Waals surface area contributed by atoms with E-state index in [9.17, 15) is 0 Å². The second-order valence-electron chi connectivity index (χ2n) is 5.15. The fraction of sp³-hybridized carbons (Fsp3) is 1.00. The van der Waals surface area contributed by atoms with E-state index in [4.69, 9.17) is 0 Å². The number of nitrogens with zero attached hydrogens (tertiary/aromatic N) is 2. The minimum absolute atomic E-state index is 0.828. The Balaban J connectivity index is 1.74. The van der Waals surface area contributed by atoms with Crippen molar-refractivity contribution in [1.29, 1.82) is 0 Å². The number of likely N-dealkylation sites (N-methyl/N-ethyl adjacent to an activating group) is 1. The van der Waals surface area contributed by atoms with Crippen LogP contribution in [0.5, 0.6) is 0 Å². The standard InChI is InChI=1S/C12H25N3/c1-3-15(12-8-13-9-12)10-11-4-6-14(2)7-5-11/h11-13H,3-10H2,1-2H3. The molecule has 15 heavy (non-hydrogen) atoms. The molecule has 0 aromatic heterocycles. The Bertz CT molecular complexity index is 183. The second-order valence-corrected chi connectivity index (χ2v) is 5.15. The third-order valence-corrected chi connectivity index (χ3v) is 4.01. The molecule has 0 aromatic rings. The van der Waals surface area contributed by atoms with Crippen molar-refractivity contribution in [3.8, 4) is 0 Å². The minimum atomic E-state index is 0.828. The smallest absolute Gasteiger partial charge is 0.0345 e. The molecule has 0 radical (unpaired) electrons. The molecular formula is C12H25N3. The molecular weight excluding hydrogens is 186 g/mol. The Morgan fingerprint density at radius 1 is 1.27 bits per heavy atom. The molecule has 0 atom stereocenters. The van der Waals surface area contributed by atoms with Gasteiger partial charge in [0.05, 0.1) is 0 Å². The normalized spacial score (nSPS) is 25.8. The molecule has 1 N–H and O–H groups in total. The lowest BCUT2D eigenvalue weighted by molar-refractivity contribution is 0.105. The first-order chi connectivity index (χ1) is 7.29. The molecule has 2 fully saturated rings. The first-order valence-corrected chi connectivity index (χ1v) is 6.43. The van der Waals surface area contributed by atoms with Crippen LogP contribution in [-0.2, 0) is 0 Å². The predicted molar refractivity (Wildman–Crippen MR) is 64.1 cm³/mol. The highest BCUT2D eigenvalue weighted by atomic mass is 15.2. The Labute approximate surface area is 93.8 Å². The molecule has 3 heteroatoms. The maximum atomic E-state index is 3.37. The zero-order chi connectivity index (χ0) is 10.7. The van der Waals surface area contributed by atoms with Gasteiger partial charge in [-0.3, -0.25) is 4.90 Å². The summed E-state index contributed by atoms with van der Waals surface area (Å²) in [4.78, 5) is 5.13. The van der Waals surface area contributed by atoms with Crippen LogP contribution in [0.15, 0.2) is 0 Å². The molecule has 0 unspecified atom stereocenters. The van der Waals surface area contributed by atoms with Gasteiger partial charge in [0.2, 0.25) is 0 Å². The molecule has 2 aliphatic rings. The van der Waals surface area contributed by atoms with Gasteiger partial charge < -0.3 is 10.2 Å². The van der Waals surface area contributed by atoms with Crippen LogP contribution in [0.1, 0.15) is 19.8 Å². The van der Waals surface area contributed by atoms with Crippen molar-refractivity contribution in [1.82, 2.24) is 15.1 Å². The fourth-order valence-corrected chi connectivity index (χ4v) is 2.64. The summed E-state index contributed by atoms with van der Waals surface area (Å²) >= 11 is 0. The van der Waals surface area contributed by atoms with Gasteiger partial charge in [0.1, 0.15) is 0 Å². The van der Waals surface area contributed by atoms with E-state index in [-0.39, 0.29) is 0 Å². The van der Waals surface area contributed by atoms with Crippen LogP contribution in [0.4, 0.5) is 0 Å². The van der Waals surface area contributed by atoms with E-state index in [0.29, 0.717) is 0 Å². The van der Waals surface area contributed by atoms with E-state index in [1.54, 1.807) is 0 Å². The van der Waals surface area contributed by atoms with Crippen LogP contribution in [0, 0.1) is 5.92 Å². The van der Waals surface area contributed by atoms with E-state index in [1.807, 2.05) is 0 Å². The van der Waals surface area contributed by atoms with E-state index < -0.39 is 0 Å². The van der Waals surface area contributed by atoms with E-state index >= 15 is 0 Å². The van der Waals surface area contributed by atoms with Crippen molar-refractivity contribution in [2.75, 3.05) is 46.3 Å². The summed E-state index contributed by atoms with van der Waals surface area (Å²) in [5.74, 6) is 0.946. The van der Waals surface area contributed by atoms with Crippen LogP contribution < -0.4 is 5.32 Å². The molecule has 0 aromatic carbocycles. The summed E-state index contributed by atoms with van der Waals surface area (Å²) in [6.07, 6.45) is 2.79. The van der Waals surface area contributed by atoms with Gasteiger partial charge in [-0.25, -0.2) is 0 Å². The molecule has 0 aliphatic carbocycles. The molecule has 0 amide bonds. The van der Waals surface area contributed by atoms with Crippen LogP contribution in [0.3, 0.4) is 0 Å². The Morgan fingerprint density at radius 3 is 2.40 bits per heavy atom. The predicted octanol–water partition coefficient (Wildman–Crippen LogP) is 0.622. The van der Waals surface area contributed by atoms with Gasteiger partial charge in [-0.1, -0.05) is 6.92 Å². The van der Waals surface area contributed by atoms with Crippen LogP contribution in [0.2, 0.25) is 0 Å². The SMILES string of the molecule is CCN(CC1CCN(C)CC1)C1CNC1. The summed E-state index contributed by atoms with van der Waals surface area (Å²) in [5, 5.41) is 3.37. The van der Waals surface area contributed by atoms with Crippen molar-refractivity contribution in [3.05, 3.63) is 0 Å². The third kappa shape index (κ3) is 2.92. The van der Waals surface area contributed by atoms with Crippen molar-refractivity contribution in [2.24, 2.45) is 5.92 Å². The van der Waals surface area contributed by atoms with Gasteiger partial charge in [-0.05, 0) is 45.4 Å². The maximum Gasteiger partial charge on any atom is 0.0345 e. The number of hydrogen-bond acceptors (Lipinski definition) is 3. The van der Waals surface area contributed by atoms with Gasteiger partial charge >= 0.3 is 0 Å². The molecule has 2 rings (SSSR count). The zero-order valence-electron chi connectivity index (χ0n) is 10.2. The highest BCUT2D eigenvalue weighted by Crippen LogP contribution is 2.19. The molecule has 2 aliphatic heterocycles. The fourth-order valence-electron chi connectivity index (χ4n) is 2.64. The third-order valence-electron chi connectivity index (χ3n) is 4.01. The summed E-state index contributed by atoms with van der Waals surface area (Å²) in [6.45, 7) is 9.86. The highest BCUT2D eigenvalue weighted by molar-refractivity contribution is 4.85. The average Bonchev–Trinajstić information content (AvgIpc) is 2.17. The van der Waals surface area contributed by atoms with Crippen LogP contribution in [-0.4, -0.2) is 62.2 Å². The number of rotatable bonds is 4. The lowest BCUT2D eigenvalue weighted by atomic mass is 9.95. The summed E-state index contributed by atoms with van der Waals surface area (Å²) in [6, 6.07) is 0.828. The van der Waals surface area contributed by atoms with Crippen molar-refractivity contribution in [2.45, 2.75) is 25.8 Å². The lowest BCUT2D eigenvalue weighted by Crippen LogP contribution is -2.58. The van der Waals surface area contributed by atoms with E-state index in [2.05, 4.69) is 29.1 Å². The molecule has 0 spiro atoms. The number of hydrogen-bond donors (Lipinski definition) is 1. The van der Waals surface area contributed by atoms with Gasteiger partial charge in [0.25, 0.3) is 0 Å². The Morgan fingerprint density at radius 2 is 1.93 bits per heavy atom. The van der Waals surface area contributed by atoms with Crippen molar-refractivity contribution >= 4 is 0 Å². The van der Waals surface area contributed by atoms with Crippen LogP contribution >= 0.6 is 0 Å². The lowest BCUT2D eigenvalue weighted by Gasteiger charge is -2.41. The quantitative estimate of drug-likeness (QED) is 0.735. The first kappa shape index (κ1) is 11.4. The van der Waals surface area contributed by atoms with Crippen LogP contribution in [0.25, 0.3) is 0 Å². The summed E-state index contributed by atoms with van der Waals surface area (Å²) < 4.78 is 0. The van der Waals surface area contributed by atoms with E-state index in [1.165, 1.54) is 52.1 Å². The number of piperidine rings is 1. The van der Waals surface area contributed by atoms with Crippen molar-refractivity contribution < 1.29 is 0 Å². The summed E-state index contributed by atoms with van der Waals surface area (Å²) in [7, 11) is 2.24. The first-order valence-electron chi connectivity index (χ1n) is 6.43. The molecule has 0 bridgehead atoms. The average molecular weight is 211 g/mol. The molecule has 88 valence electrons. The van der Waals surface area contributed by atoms with Gasteiger partial charge in [0, 0.05) is 25.7 Å². The molecule has 2 heterocycles. The topological polar surface area (TPSA) is 18.5 Å². The minimum Gasteiger partial charge on any atom is -0.314 e. The largest absolute Gasteiger partial charge is 0.314 e. The molecule has 0 saturated carbocycles. The monoisotopic (exact) mass is 211 g/mol. The van der Waals surface area contributed by atoms with Crippen molar-refractivity contribution in [3.63, 3.8) is 0 Å². The maximum absolute atomic E-state index is 3.37. The Hall–Kier alpha value is -0.120. The van der Waals surface area contributed by atoms with Gasteiger partial charge in [0.15, 0.2) is 0 Å². The Kier molecular flexibility index (Phi) is 4.00. The molecule has 3 nitrogen and oxygen atoms in total. The number of likely N-dealkylation sites (tertiary alicyclic amines) is 1. The number of nitrogens with one attached hydrogen (secondary N) is 1. The highest BCUT2D eigenvalue weighted by Gasteiger charge is 2.26. The second kappa shape index (κ2) is 5.28. The zero-order valence-corrected chi connectivity index (χ0v) is 10.2. The van der Waals surface area contributed by atoms with Gasteiger partial charge in [-0.15, -0.1) is 0 Å². The molecule has 2 saturated heterocycles.